The number of hydrogen-bond acceptors (Lipinski definition) is 3. The van der Waals surface area contributed by atoms with Gasteiger partial charge < -0.3 is 15.2 Å². The average molecular weight is 249 g/mol. The van der Waals surface area contributed by atoms with Crippen LogP contribution in [0.2, 0.25) is 0 Å². The van der Waals surface area contributed by atoms with Crippen LogP contribution in [-0.2, 0) is 4.74 Å². The van der Waals surface area contributed by atoms with Gasteiger partial charge in [0.2, 0.25) is 0 Å². The lowest BCUT2D eigenvalue weighted by atomic mass is 10.1. The van der Waals surface area contributed by atoms with Gasteiger partial charge in [-0.1, -0.05) is 12.1 Å². The zero-order valence-electron chi connectivity index (χ0n) is 9.33. The Kier molecular flexibility index (Phi) is 4.77. The zero-order chi connectivity index (χ0) is 12.9. The highest BCUT2D eigenvalue weighted by atomic mass is 19.4. The van der Waals surface area contributed by atoms with Gasteiger partial charge in [-0.25, -0.2) is 0 Å². The van der Waals surface area contributed by atoms with E-state index in [-0.39, 0.29) is 12.4 Å². The Morgan fingerprint density at radius 3 is 2.65 bits per heavy atom. The van der Waals surface area contributed by atoms with Crippen molar-refractivity contribution in [3.05, 3.63) is 29.8 Å². The predicted molar refractivity (Wildman–Crippen MR) is 56.5 cm³/mol. The van der Waals surface area contributed by atoms with Crippen LogP contribution in [0.4, 0.5) is 13.2 Å². The molecule has 6 heteroatoms. The van der Waals surface area contributed by atoms with Gasteiger partial charge in [-0.3, -0.25) is 0 Å². The normalized spacial score (nSPS) is 13.5. The van der Waals surface area contributed by atoms with Crippen LogP contribution >= 0.6 is 0 Å². The Balaban J connectivity index is 2.71. The Hall–Kier alpha value is -1.27. The van der Waals surface area contributed by atoms with Crippen molar-refractivity contribution in [2.24, 2.45) is 5.73 Å². The van der Waals surface area contributed by atoms with Gasteiger partial charge in [0.05, 0.1) is 12.6 Å². The van der Waals surface area contributed by atoms with Crippen LogP contribution in [0.3, 0.4) is 0 Å². The summed E-state index contributed by atoms with van der Waals surface area (Å²) in [5, 5.41) is 0. The maximum atomic E-state index is 12.0. The summed E-state index contributed by atoms with van der Waals surface area (Å²) >= 11 is 0. The second-order valence-corrected chi connectivity index (χ2v) is 3.39. The molecule has 0 saturated heterocycles. The van der Waals surface area contributed by atoms with Crippen molar-refractivity contribution in [2.45, 2.75) is 19.3 Å². The van der Waals surface area contributed by atoms with Crippen molar-refractivity contribution < 1.29 is 22.6 Å². The van der Waals surface area contributed by atoms with Crippen molar-refractivity contribution in [3.8, 4) is 5.75 Å². The molecule has 0 radical (unpaired) electrons. The van der Waals surface area contributed by atoms with E-state index in [1.807, 2.05) is 6.92 Å². The van der Waals surface area contributed by atoms with Crippen LogP contribution in [0.5, 0.6) is 5.75 Å². The van der Waals surface area contributed by atoms with Gasteiger partial charge in [-0.15, -0.1) is 13.2 Å². The van der Waals surface area contributed by atoms with Crippen molar-refractivity contribution in [1.82, 2.24) is 0 Å². The number of nitrogens with two attached hydrogens (primary N) is 1. The molecule has 1 aromatic carbocycles. The predicted octanol–water partition coefficient (Wildman–Crippen LogP) is 2.62. The SMILES string of the molecule is CCOCC(N)c1cccc(OC(F)(F)F)c1. The van der Waals surface area contributed by atoms with Gasteiger partial charge in [0.25, 0.3) is 0 Å². The van der Waals surface area contributed by atoms with E-state index >= 15 is 0 Å². The van der Waals surface area contributed by atoms with E-state index in [0.29, 0.717) is 12.2 Å². The summed E-state index contributed by atoms with van der Waals surface area (Å²) < 4.78 is 44.9. The van der Waals surface area contributed by atoms with E-state index in [1.165, 1.54) is 18.2 Å². The lowest BCUT2D eigenvalue weighted by Gasteiger charge is -2.14. The third-order valence-corrected chi connectivity index (χ3v) is 2.02. The number of rotatable bonds is 5. The molecule has 0 aliphatic rings. The monoisotopic (exact) mass is 249 g/mol. The average Bonchev–Trinajstić information content (AvgIpc) is 2.24. The summed E-state index contributed by atoms with van der Waals surface area (Å²) in [6.07, 6.45) is -4.69. The maximum absolute atomic E-state index is 12.0. The second-order valence-electron chi connectivity index (χ2n) is 3.39. The molecule has 0 saturated carbocycles. The third-order valence-electron chi connectivity index (χ3n) is 2.02. The minimum atomic E-state index is -4.69. The Morgan fingerprint density at radius 2 is 2.06 bits per heavy atom. The van der Waals surface area contributed by atoms with E-state index < -0.39 is 12.4 Å². The highest BCUT2D eigenvalue weighted by Crippen LogP contribution is 2.24. The number of alkyl halides is 3. The largest absolute Gasteiger partial charge is 0.573 e. The molecule has 0 aliphatic carbocycles. The molecule has 2 N–H and O–H groups in total. The van der Waals surface area contributed by atoms with E-state index in [2.05, 4.69) is 4.74 Å². The first-order chi connectivity index (χ1) is 7.92. The smallest absolute Gasteiger partial charge is 0.406 e. The van der Waals surface area contributed by atoms with Crippen LogP contribution in [0, 0.1) is 0 Å². The second kappa shape index (κ2) is 5.88. The summed E-state index contributed by atoms with van der Waals surface area (Å²) in [4.78, 5) is 0. The molecule has 1 atom stereocenters. The minimum absolute atomic E-state index is 0.256. The molecule has 0 amide bonds. The van der Waals surface area contributed by atoms with E-state index in [9.17, 15) is 13.2 Å². The number of ether oxygens (including phenoxy) is 2. The zero-order valence-corrected chi connectivity index (χ0v) is 9.33. The van der Waals surface area contributed by atoms with Crippen LogP contribution < -0.4 is 10.5 Å². The Bertz CT molecular complexity index is 355. The van der Waals surface area contributed by atoms with Crippen LogP contribution in [0.25, 0.3) is 0 Å². The van der Waals surface area contributed by atoms with Crippen LogP contribution in [-0.4, -0.2) is 19.6 Å². The molecule has 1 aromatic rings. The molecule has 0 bridgehead atoms. The standard InChI is InChI=1S/C11H14F3NO2/c1-2-16-7-10(15)8-4-3-5-9(6-8)17-11(12,13)14/h3-6,10H,2,7,15H2,1H3. The molecule has 1 rings (SSSR count). The summed E-state index contributed by atoms with van der Waals surface area (Å²) in [5.41, 5.74) is 6.29. The molecular weight excluding hydrogens is 235 g/mol. The van der Waals surface area contributed by atoms with Crippen molar-refractivity contribution in [2.75, 3.05) is 13.2 Å². The lowest BCUT2D eigenvalue weighted by Crippen LogP contribution is -2.19. The highest BCUT2D eigenvalue weighted by Gasteiger charge is 2.31. The van der Waals surface area contributed by atoms with Gasteiger partial charge >= 0.3 is 6.36 Å². The van der Waals surface area contributed by atoms with Gasteiger partial charge in [0.15, 0.2) is 0 Å². The first-order valence-electron chi connectivity index (χ1n) is 5.11. The summed E-state index contributed by atoms with van der Waals surface area (Å²) in [6.45, 7) is 2.58. The molecular formula is C11H14F3NO2. The fourth-order valence-corrected chi connectivity index (χ4v) is 1.28. The first-order valence-corrected chi connectivity index (χ1v) is 5.11. The lowest BCUT2D eigenvalue weighted by molar-refractivity contribution is -0.274. The van der Waals surface area contributed by atoms with Crippen LogP contribution in [0.15, 0.2) is 24.3 Å². The fraction of sp³-hybridized carbons (Fsp3) is 0.455. The molecule has 0 fully saturated rings. The minimum Gasteiger partial charge on any atom is -0.406 e. The molecule has 0 heterocycles. The van der Waals surface area contributed by atoms with E-state index in [0.717, 1.165) is 0 Å². The number of halogens is 3. The number of benzene rings is 1. The van der Waals surface area contributed by atoms with Gasteiger partial charge in [0.1, 0.15) is 5.75 Å². The van der Waals surface area contributed by atoms with Crippen LogP contribution in [0.1, 0.15) is 18.5 Å². The molecule has 96 valence electrons. The summed E-state index contributed by atoms with van der Waals surface area (Å²) in [5.74, 6) is -0.276. The fourth-order valence-electron chi connectivity index (χ4n) is 1.28. The Morgan fingerprint density at radius 1 is 1.35 bits per heavy atom. The molecule has 0 aliphatic heterocycles. The summed E-state index contributed by atoms with van der Waals surface area (Å²) in [6, 6.07) is 5.11. The first kappa shape index (κ1) is 13.8. The quantitative estimate of drug-likeness (QED) is 0.872. The third kappa shape index (κ3) is 5.06. The number of hydrogen-bond donors (Lipinski definition) is 1. The van der Waals surface area contributed by atoms with E-state index in [1.54, 1.807) is 6.07 Å². The van der Waals surface area contributed by atoms with Gasteiger partial charge in [-0.2, -0.15) is 0 Å². The summed E-state index contributed by atoms with van der Waals surface area (Å²) in [7, 11) is 0. The topological polar surface area (TPSA) is 44.5 Å². The van der Waals surface area contributed by atoms with Gasteiger partial charge in [0, 0.05) is 6.61 Å². The van der Waals surface area contributed by atoms with Crippen molar-refractivity contribution in [1.29, 1.82) is 0 Å². The molecule has 1 unspecified atom stereocenters. The van der Waals surface area contributed by atoms with Crippen molar-refractivity contribution in [3.63, 3.8) is 0 Å². The molecule has 0 aromatic heterocycles. The molecule has 0 spiro atoms. The highest BCUT2D eigenvalue weighted by molar-refractivity contribution is 5.30. The molecule has 17 heavy (non-hydrogen) atoms. The maximum Gasteiger partial charge on any atom is 0.573 e. The Labute approximate surface area is 97.3 Å². The van der Waals surface area contributed by atoms with Crippen molar-refractivity contribution >= 4 is 0 Å². The van der Waals surface area contributed by atoms with E-state index in [4.69, 9.17) is 10.5 Å². The van der Waals surface area contributed by atoms with Gasteiger partial charge in [-0.05, 0) is 24.6 Å². The molecule has 3 nitrogen and oxygen atoms in total.